The minimum Gasteiger partial charge on any atom is -0.479 e. The van der Waals surface area contributed by atoms with Gasteiger partial charge < -0.3 is 14.9 Å². The van der Waals surface area contributed by atoms with Crippen molar-refractivity contribution in [2.45, 2.75) is 31.8 Å². The van der Waals surface area contributed by atoms with Crippen LogP contribution in [0.15, 0.2) is 0 Å². The Labute approximate surface area is 83.9 Å². The topological polar surface area (TPSA) is 66.8 Å². The molecule has 82 valence electrons. The Hall–Kier alpha value is -0.610. The number of aliphatic hydroxyl groups is 1. The summed E-state index contributed by atoms with van der Waals surface area (Å²) in [6.45, 7) is 2.01. The molecule has 4 nitrogen and oxygen atoms in total. The highest BCUT2D eigenvalue weighted by molar-refractivity contribution is 5.77. The van der Waals surface area contributed by atoms with E-state index in [2.05, 4.69) is 0 Å². The predicted octanol–water partition coefficient (Wildman–Crippen LogP) is 0.885. The van der Waals surface area contributed by atoms with Gasteiger partial charge in [0, 0.05) is 13.0 Å². The average molecular weight is 202 g/mol. The smallest absolute Gasteiger partial charge is 0.336 e. The molecule has 1 aliphatic carbocycles. The molecule has 0 saturated heterocycles. The first-order valence-corrected chi connectivity index (χ1v) is 5.01. The molecule has 1 saturated carbocycles. The molecular weight excluding hydrogens is 184 g/mol. The lowest BCUT2D eigenvalue weighted by Gasteiger charge is -2.31. The summed E-state index contributed by atoms with van der Waals surface area (Å²) in [5, 5.41) is 19.0. The minimum atomic E-state index is -1.61. The van der Waals surface area contributed by atoms with Gasteiger partial charge in [-0.1, -0.05) is 6.92 Å². The van der Waals surface area contributed by atoms with Crippen molar-refractivity contribution in [1.29, 1.82) is 0 Å². The standard InChI is InChI=1S/C10H18O4/c1-3-10(13,9(11)12)8(6-14-2)7-4-5-7/h7-8,13H,3-6H2,1-2H3,(H,11,12). The zero-order valence-electron chi connectivity index (χ0n) is 8.69. The Balaban J connectivity index is 2.76. The van der Waals surface area contributed by atoms with Crippen LogP contribution in [0.4, 0.5) is 0 Å². The van der Waals surface area contributed by atoms with Crippen molar-refractivity contribution in [1.82, 2.24) is 0 Å². The third-order valence-corrected chi connectivity index (χ3v) is 3.06. The Bertz CT molecular complexity index is 212. The Morgan fingerprint density at radius 2 is 2.21 bits per heavy atom. The van der Waals surface area contributed by atoms with Gasteiger partial charge in [-0.05, 0) is 25.2 Å². The van der Waals surface area contributed by atoms with Gasteiger partial charge >= 0.3 is 5.97 Å². The van der Waals surface area contributed by atoms with Crippen molar-refractivity contribution in [2.24, 2.45) is 11.8 Å². The van der Waals surface area contributed by atoms with Crippen LogP contribution in [0.25, 0.3) is 0 Å². The molecule has 4 heteroatoms. The van der Waals surface area contributed by atoms with Gasteiger partial charge in [0.15, 0.2) is 5.60 Å². The summed E-state index contributed by atoms with van der Waals surface area (Å²) in [7, 11) is 1.54. The van der Waals surface area contributed by atoms with E-state index in [-0.39, 0.29) is 12.3 Å². The maximum absolute atomic E-state index is 11.0. The van der Waals surface area contributed by atoms with Crippen molar-refractivity contribution < 1.29 is 19.7 Å². The largest absolute Gasteiger partial charge is 0.479 e. The van der Waals surface area contributed by atoms with Crippen molar-refractivity contribution >= 4 is 5.97 Å². The number of ether oxygens (including phenoxy) is 1. The number of carbonyl (C=O) groups is 1. The number of carboxylic acid groups (broad SMARTS) is 1. The number of hydrogen-bond donors (Lipinski definition) is 2. The third-order valence-electron chi connectivity index (χ3n) is 3.06. The molecule has 1 aliphatic rings. The highest BCUT2D eigenvalue weighted by atomic mass is 16.5. The van der Waals surface area contributed by atoms with E-state index in [4.69, 9.17) is 9.84 Å². The number of carboxylic acids is 1. The molecular formula is C10H18O4. The van der Waals surface area contributed by atoms with Crippen LogP contribution >= 0.6 is 0 Å². The molecule has 0 heterocycles. The van der Waals surface area contributed by atoms with Crippen molar-refractivity contribution in [3.05, 3.63) is 0 Å². The lowest BCUT2D eigenvalue weighted by molar-refractivity contribution is -0.169. The van der Waals surface area contributed by atoms with E-state index in [1.807, 2.05) is 0 Å². The quantitative estimate of drug-likeness (QED) is 0.671. The normalized spacial score (nSPS) is 22.8. The van der Waals surface area contributed by atoms with E-state index >= 15 is 0 Å². The number of methoxy groups -OCH3 is 1. The van der Waals surface area contributed by atoms with Crippen LogP contribution in [0.2, 0.25) is 0 Å². The fourth-order valence-electron chi connectivity index (χ4n) is 1.91. The molecule has 0 aromatic rings. The van der Waals surface area contributed by atoms with Gasteiger partial charge in [-0.15, -0.1) is 0 Å². The summed E-state index contributed by atoms with van der Waals surface area (Å²) in [6.07, 6.45) is 2.24. The molecule has 2 unspecified atom stereocenters. The molecule has 0 aliphatic heterocycles. The summed E-state index contributed by atoms with van der Waals surface area (Å²) < 4.78 is 4.98. The molecule has 0 spiro atoms. The molecule has 1 fully saturated rings. The lowest BCUT2D eigenvalue weighted by Crippen LogP contribution is -2.48. The second-order valence-corrected chi connectivity index (χ2v) is 3.98. The van der Waals surface area contributed by atoms with Gasteiger partial charge in [0.25, 0.3) is 0 Å². The molecule has 0 bridgehead atoms. The van der Waals surface area contributed by atoms with Crippen LogP contribution in [0, 0.1) is 11.8 Å². The summed E-state index contributed by atoms with van der Waals surface area (Å²) in [5.41, 5.74) is -1.61. The van der Waals surface area contributed by atoms with Crippen LogP contribution in [0.5, 0.6) is 0 Å². The number of aliphatic carboxylic acids is 1. The second kappa shape index (κ2) is 4.28. The summed E-state index contributed by atoms with van der Waals surface area (Å²) >= 11 is 0. The maximum atomic E-state index is 11.0. The van der Waals surface area contributed by atoms with Gasteiger partial charge in [0.05, 0.1) is 6.61 Å². The SMILES string of the molecule is CCC(O)(C(=O)O)C(COC)C1CC1. The molecule has 14 heavy (non-hydrogen) atoms. The van der Waals surface area contributed by atoms with Gasteiger partial charge in [-0.2, -0.15) is 0 Å². The first-order chi connectivity index (χ1) is 6.56. The Kier molecular flexibility index (Phi) is 3.50. The molecule has 0 amide bonds. The van der Waals surface area contributed by atoms with Gasteiger partial charge in [0.2, 0.25) is 0 Å². The zero-order valence-corrected chi connectivity index (χ0v) is 8.69. The van der Waals surface area contributed by atoms with Crippen LogP contribution in [0.1, 0.15) is 26.2 Å². The van der Waals surface area contributed by atoms with Crippen LogP contribution in [0.3, 0.4) is 0 Å². The Morgan fingerprint density at radius 3 is 2.50 bits per heavy atom. The predicted molar refractivity (Wildman–Crippen MR) is 51.0 cm³/mol. The van der Waals surface area contributed by atoms with Crippen molar-refractivity contribution in [3.8, 4) is 0 Å². The van der Waals surface area contributed by atoms with Gasteiger partial charge in [-0.3, -0.25) is 0 Å². The minimum absolute atomic E-state index is 0.229. The first-order valence-electron chi connectivity index (χ1n) is 5.01. The van der Waals surface area contributed by atoms with E-state index in [9.17, 15) is 9.90 Å². The van der Waals surface area contributed by atoms with Crippen LogP contribution < -0.4 is 0 Å². The zero-order chi connectivity index (χ0) is 10.8. The van der Waals surface area contributed by atoms with E-state index < -0.39 is 11.6 Å². The van der Waals surface area contributed by atoms with E-state index in [1.54, 1.807) is 6.92 Å². The first kappa shape index (κ1) is 11.5. The average Bonchev–Trinajstić information content (AvgIpc) is 2.96. The van der Waals surface area contributed by atoms with Gasteiger partial charge in [0.1, 0.15) is 0 Å². The van der Waals surface area contributed by atoms with E-state index in [0.717, 1.165) is 12.8 Å². The third kappa shape index (κ3) is 2.07. The van der Waals surface area contributed by atoms with Crippen molar-refractivity contribution in [2.75, 3.05) is 13.7 Å². The fraction of sp³-hybridized carbons (Fsp3) is 0.900. The van der Waals surface area contributed by atoms with Crippen molar-refractivity contribution in [3.63, 3.8) is 0 Å². The van der Waals surface area contributed by atoms with E-state index in [0.29, 0.717) is 12.5 Å². The molecule has 1 rings (SSSR count). The Morgan fingerprint density at radius 1 is 1.64 bits per heavy atom. The molecule has 0 aromatic carbocycles. The molecule has 0 aromatic heterocycles. The van der Waals surface area contributed by atoms with Gasteiger partial charge in [-0.25, -0.2) is 4.79 Å². The monoisotopic (exact) mass is 202 g/mol. The molecule has 2 atom stereocenters. The highest BCUT2D eigenvalue weighted by Gasteiger charge is 2.49. The number of rotatable bonds is 6. The lowest BCUT2D eigenvalue weighted by atomic mass is 9.82. The number of hydrogen-bond acceptors (Lipinski definition) is 3. The highest BCUT2D eigenvalue weighted by Crippen LogP contribution is 2.43. The van der Waals surface area contributed by atoms with Crippen LogP contribution in [-0.4, -0.2) is 35.5 Å². The summed E-state index contributed by atoms with van der Waals surface area (Å²) in [5.74, 6) is -1.08. The summed E-state index contributed by atoms with van der Waals surface area (Å²) in [4.78, 5) is 11.0. The fourth-order valence-corrected chi connectivity index (χ4v) is 1.91. The maximum Gasteiger partial charge on any atom is 0.336 e. The summed E-state index contributed by atoms with van der Waals surface area (Å²) in [6, 6.07) is 0. The molecule has 2 N–H and O–H groups in total. The van der Waals surface area contributed by atoms with E-state index in [1.165, 1.54) is 7.11 Å². The second-order valence-electron chi connectivity index (χ2n) is 3.98. The molecule has 0 radical (unpaired) electrons. The van der Waals surface area contributed by atoms with Crippen LogP contribution in [-0.2, 0) is 9.53 Å².